The number of hydrogen-bond acceptors (Lipinski definition) is 2. The third-order valence-corrected chi connectivity index (χ3v) is 3.12. The molecule has 2 nitrogen and oxygen atoms in total. The molecule has 0 bridgehead atoms. The number of hydrogen-bond donors (Lipinski definition) is 1. The van der Waals surface area contributed by atoms with E-state index in [1.54, 1.807) is 6.26 Å². The van der Waals surface area contributed by atoms with E-state index in [-0.39, 0.29) is 6.04 Å². The molecular formula is C15H19NO. The first kappa shape index (κ1) is 11.9. The zero-order valence-corrected chi connectivity index (χ0v) is 10.6. The van der Waals surface area contributed by atoms with Gasteiger partial charge in [-0.15, -0.1) is 0 Å². The van der Waals surface area contributed by atoms with Crippen LogP contribution in [0.15, 0.2) is 47.1 Å². The van der Waals surface area contributed by atoms with Crippen molar-refractivity contribution >= 4 is 0 Å². The summed E-state index contributed by atoms with van der Waals surface area (Å²) in [7, 11) is 0. The molecule has 0 radical (unpaired) electrons. The highest BCUT2D eigenvalue weighted by atomic mass is 16.3. The van der Waals surface area contributed by atoms with E-state index < -0.39 is 0 Å². The fourth-order valence-electron chi connectivity index (χ4n) is 2.16. The first-order valence-electron chi connectivity index (χ1n) is 6.03. The van der Waals surface area contributed by atoms with Crippen LogP contribution in [0.2, 0.25) is 0 Å². The predicted molar refractivity (Wildman–Crippen MR) is 69.9 cm³/mol. The van der Waals surface area contributed by atoms with Gasteiger partial charge in [0.1, 0.15) is 5.76 Å². The van der Waals surface area contributed by atoms with Gasteiger partial charge in [-0.3, -0.25) is 0 Å². The first-order valence-corrected chi connectivity index (χ1v) is 6.03. The minimum Gasteiger partial charge on any atom is -0.468 e. The lowest BCUT2D eigenvalue weighted by Gasteiger charge is -2.20. The second-order valence-corrected chi connectivity index (χ2v) is 4.48. The second-order valence-electron chi connectivity index (χ2n) is 4.48. The first-order chi connectivity index (χ1) is 8.18. The molecule has 0 aliphatic carbocycles. The summed E-state index contributed by atoms with van der Waals surface area (Å²) in [5, 5.41) is 3.55. The Hall–Kier alpha value is -1.54. The zero-order valence-electron chi connectivity index (χ0n) is 10.6. The molecule has 2 aromatic rings. The van der Waals surface area contributed by atoms with E-state index in [0.29, 0.717) is 6.04 Å². The van der Waals surface area contributed by atoms with Gasteiger partial charge in [0.15, 0.2) is 0 Å². The average Bonchev–Trinajstić information content (AvgIpc) is 2.82. The fraction of sp³-hybridized carbons (Fsp3) is 0.333. The van der Waals surface area contributed by atoms with Crippen LogP contribution < -0.4 is 5.32 Å². The van der Waals surface area contributed by atoms with Crippen LogP contribution in [0.4, 0.5) is 0 Å². The Morgan fingerprint density at radius 2 is 1.76 bits per heavy atom. The van der Waals surface area contributed by atoms with Crippen molar-refractivity contribution in [1.82, 2.24) is 5.32 Å². The lowest BCUT2D eigenvalue weighted by Crippen LogP contribution is -2.22. The zero-order chi connectivity index (χ0) is 12.3. The molecule has 1 heterocycles. The van der Waals surface area contributed by atoms with Crippen LogP contribution >= 0.6 is 0 Å². The van der Waals surface area contributed by atoms with Crippen molar-refractivity contribution in [3.63, 3.8) is 0 Å². The number of aryl methyl sites for hydroxylation is 1. The van der Waals surface area contributed by atoms with Gasteiger partial charge in [0, 0.05) is 6.04 Å². The lowest BCUT2D eigenvalue weighted by atomic mass is 10.0. The molecule has 0 saturated heterocycles. The molecule has 2 atom stereocenters. The van der Waals surface area contributed by atoms with Gasteiger partial charge < -0.3 is 9.73 Å². The number of nitrogens with one attached hydrogen (secondary N) is 1. The summed E-state index contributed by atoms with van der Waals surface area (Å²) in [5.41, 5.74) is 2.66. The maximum atomic E-state index is 5.40. The Morgan fingerprint density at radius 3 is 2.41 bits per heavy atom. The summed E-state index contributed by atoms with van der Waals surface area (Å²) in [6.45, 7) is 6.44. The van der Waals surface area contributed by atoms with Crippen LogP contribution in [-0.2, 0) is 0 Å². The van der Waals surface area contributed by atoms with Crippen molar-refractivity contribution in [3.8, 4) is 0 Å². The van der Waals surface area contributed by atoms with Crippen LogP contribution in [0.25, 0.3) is 0 Å². The third-order valence-electron chi connectivity index (χ3n) is 3.12. The van der Waals surface area contributed by atoms with E-state index in [1.165, 1.54) is 11.1 Å². The van der Waals surface area contributed by atoms with Gasteiger partial charge >= 0.3 is 0 Å². The molecule has 0 aliphatic heterocycles. The third kappa shape index (κ3) is 2.77. The Bertz CT molecular complexity index is 462. The van der Waals surface area contributed by atoms with E-state index in [2.05, 4.69) is 50.4 Å². The highest BCUT2D eigenvalue weighted by Gasteiger charge is 2.13. The smallest absolute Gasteiger partial charge is 0.120 e. The second kappa shape index (κ2) is 5.19. The van der Waals surface area contributed by atoms with E-state index in [4.69, 9.17) is 4.42 Å². The van der Waals surface area contributed by atoms with Gasteiger partial charge in [-0.05, 0) is 44.0 Å². The molecule has 1 unspecified atom stereocenters. The van der Waals surface area contributed by atoms with Crippen molar-refractivity contribution in [2.24, 2.45) is 0 Å². The predicted octanol–water partition coefficient (Wildman–Crippen LogP) is 4.00. The molecule has 0 saturated carbocycles. The molecule has 0 aliphatic rings. The monoisotopic (exact) mass is 229 g/mol. The Labute approximate surface area is 103 Å². The molecule has 1 aromatic heterocycles. The van der Waals surface area contributed by atoms with E-state index in [9.17, 15) is 0 Å². The van der Waals surface area contributed by atoms with Crippen LogP contribution in [0.3, 0.4) is 0 Å². The maximum Gasteiger partial charge on any atom is 0.120 e. The Morgan fingerprint density at radius 1 is 1.00 bits per heavy atom. The largest absolute Gasteiger partial charge is 0.468 e. The van der Waals surface area contributed by atoms with Gasteiger partial charge in [-0.1, -0.05) is 24.3 Å². The quantitative estimate of drug-likeness (QED) is 0.857. The van der Waals surface area contributed by atoms with Crippen molar-refractivity contribution in [2.45, 2.75) is 32.9 Å². The normalized spacial score (nSPS) is 14.5. The van der Waals surface area contributed by atoms with Crippen molar-refractivity contribution < 1.29 is 4.42 Å². The van der Waals surface area contributed by atoms with Gasteiger partial charge in [0.2, 0.25) is 0 Å². The van der Waals surface area contributed by atoms with Crippen molar-refractivity contribution in [1.29, 1.82) is 0 Å². The van der Waals surface area contributed by atoms with Gasteiger partial charge in [-0.25, -0.2) is 0 Å². The number of furan rings is 1. The molecule has 0 amide bonds. The highest BCUT2D eigenvalue weighted by molar-refractivity contribution is 5.28. The molecule has 2 rings (SSSR count). The number of benzene rings is 1. The fourth-order valence-corrected chi connectivity index (χ4v) is 2.16. The maximum absolute atomic E-state index is 5.40. The summed E-state index contributed by atoms with van der Waals surface area (Å²) in [6.07, 6.45) is 1.71. The van der Waals surface area contributed by atoms with Crippen molar-refractivity contribution in [2.75, 3.05) is 0 Å². The molecule has 17 heavy (non-hydrogen) atoms. The standard InChI is InChI=1S/C15H19NO/c1-11-7-4-5-8-14(11)12(2)16-13(3)15-9-6-10-17-15/h4-10,12-13,16H,1-3H3/t12?,13-/m1/s1. The van der Waals surface area contributed by atoms with Crippen LogP contribution in [-0.4, -0.2) is 0 Å². The number of rotatable bonds is 4. The van der Waals surface area contributed by atoms with Crippen LogP contribution in [0.5, 0.6) is 0 Å². The van der Waals surface area contributed by atoms with Crippen LogP contribution in [0.1, 0.15) is 42.8 Å². The summed E-state index contributed by atoms with van der Waals surface area (Å²) in [4.78, 5) is 0. The van der Waals surface area contributed by atoms with E-state index in [1.807, 2.05) is 12.1 Å². The Balaban J connectivity index is 2.07. The lowest BCUT2D eigenvalue weighted by molar-refractivity contribution is 0.402. The summed E-state index contributed by atoms with van der Waals surface area (Å²) < 4.78 is 5.40. The molecule has 1 aromatic carbocycles. The topological polar surface area (TPSA) is 25.2 Å². The minimum atomic E-state index is 0.222. The van der Waals surface area contributed by atoms with E-state index in [0.717, 1.165) is 5.76 Å². The Kier molecular flexibility index (Phi) is 3.64. The molecule has 2 heteroatoms. The summed E-state index contributed by atoms with van der Waals surface area (Å²) >= 11 is 0. The van der Waals surface area contributed by atoms with Crippen LogP contribution in [0, 0.1) is 6.92 Å². The molecular weight excluding hydrogens is 210 g/mol. The van der Waals surface area contributed by atoms with Gasteiger partial charge in [0.25, 0.3) is 0 Å². The molecule has 90 valence electrons. The summed E-state index contributed by atoms with van der Waals surface area (Å²) in [5.74, 6) is 0.977. The molecule has 1 N–H and O–H groups in total. The van der Waals surface area contributed by atoms with Gasteiger partial charge in [-0.2, -0.15) is 0 Å². The summed E-state index contributed by atoms with van der Waals surface area (Å²) in [6, 6.07) is 12.9. The average molecular weight is 229 g/mol. The molecule has 0 fully saturated rings. The van der Waals surface area contributed by atoms with E-state index >= 15 is 0 Å². The minimum absolute atomic E-state index is 0.222. The highest BCUT2D eigenvalue weighted by Crippen LogP contribution is 2.21. The van der Waals surface area contributed by atoms with Gasteiger partial charge in [0.05, 0.1) is 12.3 Å². The SMILES string of the molecule is Cc1ccccc1C(C)N[C@H](C)c1ccco1. The molecule has 0 spiro atoms. The van der Waals surface area contributed by atoms with Crippen molar-refractivity contribution in [3.05, 3.63) is 59.5 Å².